The van der Waals surface area contributed by atoms with Crippen molar-refractivity contribution in [1.29, 1.82) is 0 Å². The number of halogens is 5. The molecule has 2 saturated carbocycles. The van der Waals surface area contributed by atoms with Gasteiger partial charge in [-0.1, -0.05) is 93.9 Å². The summed E-state index contributed by atoms with van der Waals surface area (Å²) in [6, 6.07) is 27.6. The van der Waals surface area contributed by atoms with Crippen molar-refractivity contribution >= 4 is 134 Å². The molecule has 0 aliphatic heterocycles. The summed E-state index contributed by atoms with van der Waals surface area (Å²) in [7, 11) is 0. The SMILES string of the molecule is Cc1nc2c(C3CC3)c(CC(=O)Cc3ccnc(C(C)(F)F)c3)cnc2s1.Cc1nc2c(C3CC3)c(CC(=O)Cc3cnc(-n4nccn4)c(Cl)c3)cnc2s1.O=C(Cc1cnc(-n2nccn2)c(Cl)c1)Cc1cnc2ccccc2c1-c1ccco1.O=C(Cc1cnc(-n2nccn2)c(Cl)c1)Cc1cnc2ccccc2c1-c1cncs1. The van der Waals surface area contributed by atoms with Crippen LogP contribution in [0.5, 0.6) is 0 Å². The first kappa shape index (κ1) is 79.5. The quantitative estimate of drug-likeness (QED) is 0.0542. The maximum Gasteiger partial charge on any atom is 0.286 e. The van der Waals surface area contributed by atoms with Crippen LogP contribution in [0.4, 0.5) is 8.78 Å². The van der Waals surface area contributed by atoms with Gasteiger partial charge in [0.1, 0.15) is 55.3 Å². The molecule has 15 heterocycles. The number of fused-ring (bicyclic) bond motifs is 4. The number of carbonyl (C=O) groups excluding carboxylic acids is 4. The molecule has 2 fully saturated rings. The molecule has 0 saturated heterocycles. The summed E-state index contributed by atoms with van der Waals surface area (Å²) >= 11 is 23.7. The van der Waals surface area contributed by atoms with Crippen LogP contribution in [-0.2, 0) is 76.5 Å². The average Bonchev–Trinajstić information content (AvgIpc) is 1.74. The number of alkyl halides is 2. The third kappa shape index (κ3) is 18.7. The van der Waals surface area contributed by atoms with Crippen molar-refractivity contribution < 1.29 is 32.4 Å². The molecular formula is C85H67Cl3F2N20O5S3. The Hall–Kier alpha value is -12.3. The Bertz CT molecular complexity index is 6330. The van der Waals surface area contributed by atoms with E-state index in [0.717, 1.165) is 146 Å². The Labute approximate surface area is 698 Å². The van der Waals surface area contributed by atoms with Gasteiger partial charge in [0.2, 0.25) is 0 Å². The van der Waals surface area contributed by atoms with Gasteiger partial charge in [-0.3, -0.25) is 39.1 Å². The Morgan fingerprint density at radius 2 is 0.873 bits per heavy atom. The summed E-state index contributed by atoms with van der Waals surface area (Å²) in [6.45, 7) is 4.75. The average molecular weight is 1690 g/mol. The van der Waals surface area contributed by atoms with Crippen LogP contribution in [0.3, 0.4) is 0 Å². The minimum absolute atomic E-state index is 0.0210. The first-order valence-corrected chi connectivity index (χ1v) is 41.0. The van der Waals surface area contributed by atoms with Gasteiger partial charge in [-0.2, -0.15) is 39.4 Å². The van der Waals surface area contributed by atoms with Gasteiger partial charge < -0.3 is 4.42 Å². The van der Waals surface area contributed by atoms with Crippen LogP contribution in [0.25, 0.3) is 81.7 Å². The van der Waals surface area contributed by atoms with Crippen LogP contribution in [0.2, 0.25) is 15.1 Å². The Kier molecular flexibility index (Phi) is 23.8. The third-order valence-corrected chi connectivity index (χ3v) is 22.7. The highest BCUT2D eigenvalue weighted by Gasteiger charge is 2.33. The molecule has 25 nitrogen and oxygen atoms in total. The molecule has 2 aromatic carbocycles. The lowest BCUT2D eigenvalue weighted by molar-refractivity contribution is -0.118. The molecule has 0 bridgehead atoms. The number of aromatic nitrogens is 20. The van der Waals surface area contributed by atoms with Crippen LogP contribution in [0.15, 0.2) is 200 Å². The first-order valence-electron chi connectivity index (χ1n) is 37.4. The number of benzene rings is 2. The lowest BCUT2D eigenvalue weighted by atomic mass is 9.96. The number of furan rings is 1. The maximum absolute atomic E-state index is 13.5. The molecule has 2 aliphatic carbocycles. The molecule has 2 aliphatic rings. The van der Waals surface area contributed by atoms with Gasteiger partial charge in [-0.25, -0.2) is 34.9 Å². The van der Waals surface area contributed by atoms with Crippen molar-refractivity contribution in [3.63, 3.8) is 0 Å². The number of hydrogen-bond acceptors (Lipinski definition) is 25. The van der Waals surface area contributed by atoms with Crippen molar-refractivity contribution in [2.24, 2.45) is 0 Å². The largest absolute Gasteiger partial charge is 0.464 e. The zero-order chi connectivity index (χ0) is 81.6. The molecule has 17 aromatic rings. The summed E-state index contributed by atoms with van der Waals surface area (Å²) in [5.41, 5.74) is 15.7. The number of hydrogen-bond donors (Lipinski definition) is 0. The summed E-state index contributed by atoms with van der Waals surface area (Å²) in [6.07, 6.45) is 32.5. The van der Waals surface area contributed by atoms with E-state index in [2.05, 4.69) is 85.4 Å². The third-order valence-electron chi connectivity index (χ3n) is 19.3. The van der Waals surface area contributed by atoms with E-state index in [1.807, 2.05) is 86.9 Å². The number of nitrogens with zero attached hydrogens (tertiary/aromatic N) is 20. The van der Waals surface area contributed by atoms with E-state index in [1.54, 1.807) is 144 Å². The van der Waals surface area contributed by atoms with E-state index >= 15 is 0 Å². The number of para-hydroxylation sites is 2. The second-order valence-corrected chi connectivity index (χ2v) is 32.8. The fraction of sp³-hybridized carbons (Fsp3) is 0.212. The van der Waals surface area contributed by atoms with Crippen molar-refractivity contribution in [2.45, 2.75) is 116 Å². The molecule has 0 radical (unpaired) electrons. The molecule has 0 N–H and O–H groups in total. The van der Waals surface area contributed by atoms with Crippen molar-refractivity contribution in [3.05, 3.63) is 282 Å². The highest BCUT2D eigenvalue weighted by molar-refractivity contribution is 7.18. The van der Waals surface area contributed by atoms with E-state index in [-0.39, 0.29) is 73.8 Å². The number of carbonyl (C=O) groups is 4. The molecule has 33 heteroatoms. The smallest absolute Gasteiger partial charge is 0.286 e. The van der Waals surface area contributed by atoms with Gasteiger partial charge in [0.25, 0.3) is 5.92 Å². The lowest BCUT2D eigenvalue weighted by Crippen LogP contribution is -2.12. The fourth-order valence-corrected chi connectivity index (χ4v) is 17.0. The second kappa shape index (κ2) is 35.2. The zero-order valence-corrected chi connectivity index (χ0v) is 67.9. The summed E-state index contributed by atoms with van der Waals surface area (Å²) in [5, 5.41) is 29.3. The molecule has 590 valence electrons. The summed E-state index contributed by atoms with van der Waals surface area (Å²) in [4.78, 5) is 106. The van der Waals surface area contributed by atoms with Gasteiger partial charge in [0.15, 0.2) is 17.5 Å². The van der Waals surface area contributed by atoms with Crippen molar-refractivity contribution in [3.8, 4) is 39.2 Å². The predicted octanol–water partition coefficient (Wildman–Crippen LogP) is 17.4. The van der Waals surface area contributed by atoms with E-state index in [4.69, 9.17) is 39.2 Å². The van der Waals surface area contributed by atoms with E-state index in [9.17, 15) is 28.0 Å². The molecule has 15 aromatic heterocycles. The Balaban J connectivity index is 0.000000118. The highest BCUT2D eigenvalue weighted by atomic mass is 35.5. The van der Waals surface area contributed by atoms with Crippen molar-refractivity contribution in [2.75, 3.05) is 0 Å². The minimum atomic E-state index is -3.02. The molecule has 19 rings (SSSR count). The van der Waals surface area contributed by atoms with Gasteiger partial charge in [-0.05, 0) is 162 Å². The van der Waals surface area contributed by atoms with Crippen LogP contribution in [0.1, 0.15) is 116 Å². The maximum atomic E-state index is 13.5. The normalized spacial score (nSPS) is 12.6. The topological polar surface area (TPSA) is 315 Å². The van der Waals surface area contributed by atoms with E-state index in [1.165, 1.54) is 32.2 Å². The number of aryl methyl sites for hydroxylation is 2. The van der Waals surface area contributed by atoms with Crippen LogP contribution in [-0.4, -0.2) is 123 Å². The van der Waals surface area contributed by atoms with E-state index < -0.39 is 5.92 Å². The molecule has 0 atom stereocenters. The number of pyridine rings is 8. The Morgan fingerprint density at radius 3 is 1.28 bits per heavy atom. The van der Waals surface area contributed by atoms with Crippen LogP contribution >= 0.6 is 68.8 Å². The van der Waals surface area contributed by atoms with Gasteiger partial charge >= 0.3 is 0 Å². The Morgan fingerprint density at radius 1 is 0.458 bits per heavy atom. The fourth-order valence-electron chi connectivity index (χ4n) is 13.9. The summed E-state index contributed by atoms with van der Waals surface area (Å²) < 4.78 is 32.6. The minimum Gasteiger partial charge on any atom is -0.464 e. The molecular weight excluding hydrogens is 1620 g/mol. The van der Waals surface area contributed by atoms with Gasteiger partial charge in [-0.15, -0.1) is 25.7 Å². The molecule has 0 unspecified atom stereocenters. The zero-order valence-electron chi connectivity index (χ0n) is 63.2. The molecule has 0 spiro atoms. The molecule has 118 heavy (non-hydrogen) atoms. The molecule has 0 amide bonds. The number of rotatable bonds is 24. The van der Waals surface area contributed by atoms with Crippen LogP contribution in [0, 0.1) is 13.8 Å². The lowest BCUT2D eigenvalue weighted by Gasteiger charge is -2.11. The second-order valence-electron chi connectivity index (χ2n) is 28.3. The first-order chi connectivity index (χ1) is 57.3. The van der Waals surface area contributed by atoms with E-state index in [0.29, 0.717) is 62.1 Å². The standard InChI is InChI=1S/C23H16ClN5O2.C22H15ClN6OS.C20H17ClN6OS.C20H19F2N3OS/c24-19-11-15(13-26-23(19)29-27-7-8-28-29)10-17(30)12-16-14-25-20-5-2-1-4-18(20)22(16)21-6-3-9-31-21;23-18-8-14(10-26-22(18)29-27-5-6-28-29)7-16(30)9-15-11-25-19-4-2-1-3-17(19)21(15)20-12-24-13-31-20;1-11-26-18-17(13-2-3-13)14(10-23-20(18)29-11)8-15(28)6-12-7-16(21)19(22-9-12)27-24-4-5-25-27;1-11-25-18-17(13-3-4-13)14(10-24-19(18)27-11)9-15(26)7-12-5-6-23-16(8-12)20(2,21)22/h1-9,11,13-14H,10,12H2;1-6,8,10-13H,7,9H2;4-5,7,9-10,13H,2-3,6,8H2,1H3;5-6,8,10,13H,3-4,7,9H2,1-2H3. The highest BCUT2D eigenvalue weighted by Crippen LogP contribution is 2.47. The van der Waals surface area contributed by atoms with Crippen LogP contribution < -0.4 is 0 Å². The number of thiazole rings is 3. The number of Topliss-reactive ketones (excluding diaryl/α,β-unsaturated/α-hetero) is 4. The van der Waals surface area contributed by atoms with Gasteiger partial charge in [0.05, 0.1) is 89.9 Å². The van der Waals surface area contributed by atoms with Gasteiger partial charge in [0, 0.05) is 136 Å². The number of ketones is 4. The monoisotopic (exact) mass is 1690 g/mol. The predicted molar refractivity (Wildman–Crippen MR) is 447 cm³/mol. The summed E-state index contributed by atoms with van der Waals surface area (Å²) in [5.74, 6) is 0.0707. The van der Waals surface area contributed by atoms with Crippen molar-refractivity contribution in [1.82, 2.24) is 99.8 Å².